The Morgan fingerprint density at radius 3 is 2.41 bits per heavy atom. The van der Waals surface area contributed by atoms with Gasteiger partial charge in [-0.1, -0.05) is 24.3 Å². The summed E-state index contributed by atoms with van der Waals surface area (Å²) >= 11 is 0. The Hall–Kier alpha value is -1.17. The Balaban J connectivity index is 0.00000144. The van der Waals surface area contributed by atoms with Gasteiger partial charge in [0.15, 0.2) is 0 Å². The predicted octanol–water partition coefficient (Wildman–Crippen LogP) is 2.07. The third-order valence-corrected chi connectivity index (χ3v) is 2.32. The molecule has 5 nitrogen and oxygen atoms in total. The van der Waals surface area contributed by atoms with Crippen molar-refractivity contribution in [2.45, 2.75) is 0 Å². The standard InChI is InChI=1S/C11H7NO4.Ca/c13-11(14)10-8-4-2-1-3-7(8)5-6-9(10)12(15)16;/h1-6H,(H,13,14);. The normalized spacial score (nSPS) is 9.65. The number of fused-ring (bicyclic) bond motifs is 1. The third kappa shape index (κ3) is 2.57. The van der Waals surface area contributed by atoms with Gasteiger partial charge in [-0.2, -0.15) is 0 Å². The number of aromatic carboxylic acids is 1. The van der Waals surface area contributed by atoms with E-state index in [0.29, 0.717) is 10.8 Å². The fourth-order valence-electron chi connectivity index (χ4n) is 1.64. The van der Waals surface area contributed by atoms with Crippen LogP contribution < -0.4 is 0 Å². The number of nitro groups is 1. The van der Waals surface area contributed by atoms with Crippen LogP contribution in [0.25, 0.3) is 10.8 Å². The van der Waals surface area contributed by atoms with Crippen molar-refractivity contribution in [1.82, 2.24) is 0 Å². The van der Waals surface area contributed by atoms with Crippen molar-refractivity contribution in [3.8, 4) is 0 Å². The van der Waals surface area contributed by atoms with Crippen LogP contribution in [-0.4, -0.2) is 53.7 Å². The van der Waals surface area contributed by atoms with Gasteiger partial charge in [-0.15, -0.1) is 0 Å². The van der Waals surface area contributed by atoms with E-state index in [1.807, 2.05) is 0 Å². The molecule has 0 aliphatic rings. The van der Waals surface area contributed by atoms with E-state index in [1.54, 1.807) is 30.3 Å². The van der Waals surface area contributed by atoms with Crippen molar-refractivity contribution in [1.29, 1.82) is 0 Å². The number of hydrogen-bond acceptors (Lipinski definition) is 3. The maximum Gasteiger partial charge on any atom is 0.343 e. The van der Waals surface area contributed by atoms with E-state index >= 15 is 0 Å². The van der Waals surface area contributed by atoms with Crippen LogP contribution in [0.4, 0.5) is 5.69 Å². The second kappa shape index (κ2) is 5.44. The van der Waals surface area contributed by atoms with Gasteiger partial charge in [0.05, 0.1) is 4.92 Å². The number of carbonyl (C=O) groups is 1. The summed E-state index contributed by atoms with van der Waals surface area (Å²) < 4.78 is 0. The quantitative estimate of drug-likeness (QED) is 0.507. The molecule has 0 amide bonds. The van der Waals surface area contributed by atoms with Crippen LogP contribution >= 0.6 is 0 Å². The molecule has 82 valence electrons. The monoisotopic (exact) mass is 257 g/mol. The van der Waals surface area contributed by atoms with Gasteiger partial charge >= 0.3 is 5.97 Å². The molecule has 2 radical (unpaired) electrons. The second-order valence-electron chi connectivity index (χ2n) is 3.24. The summed E-state index contributed by atoms with van der Waals surface area (Å²) in [6, 6.07) is 9.43. The zero-order valence-electron chi connectivity index (χ0n) is 8.79. The van der Waals surface area contributed by atoms with E-state index in [0.717, 1.165) is 0 Å². The smallest absolute Gasteiger partial charge is 0.343 e. The fraction of sp³-hybridized carbons (Fsp3) is 0. The summed E-state index contributed by atoms with van der Waals surface area (Å²) in [5.41, 5.74) is -0.644. The number of nitrogens with zero attached hydrogens (tertiary/aromatic N) is 1. The molecule has 0 bridgehead atoms. The van der Waals surface area contributed by atoms with E-state index in [1.165, 1.54) is 6.07 Å². The third-order valence-electron chi connectivity index (χ3n) is 2.32. The molecule has 0 heterocycles. The first-order valence-corrected chi connectivity index (χ1v) is 4.50. The van der Waals surface area contributed by atoms with Crippen LogP contribution in [0.2, 0.25) is 0 Å². The van der Waals surface area contributed by atoms with Crippen LogP contribution in [0.5, 0.6) is 0 Å². The van der Waals surface area contributed by atoms with Crippen molar-refractivity contribution in [3.05, 3.63) is 52.1 Å². The molecule has 0 aliphatic carbocycles. The summed E-state index contributed by atoms with van der Waals surface area (Å²) in [5.74, 6) is -1.29. The summed E-state index contributed by atoms with van der Waals surface area (Å²) in [6.45, 7) is 0. The number of carboxylic acid groups (broad SMARTS) is 1. The van der Waals surface area contributed by atoms with E-state index in [-0.39, 0.29) is 49.0 Å². The van der Waals surface area contributed by atoms with Crippen LogP contribution in [0.3, 0.4) is 0 Å². The summed E-state index contributed by atoms with van der Waals surface area (Å²) in [6.07, 6.45) is 0. The van der Waals surface area contributed by atoms with E-state index in [2.05, 4.69) is 0 Å². The predicted molar refractivity (Wildman–Crippen MR) is 63.3 cm³/mol. The number of benzene rings is 2. The average Bonchev–Trinajstić information content (AvgIpc) is 2.27. The van der Waals surface area contributed by atoms with Crippen molar-refractivity contribution in [2.75, 3.05) is 0 Å². The van der Waals surface area contributed by atoms with Crippen molar-refractivity contribution in [3.63, 3.8) is 0 Å². The number of carboxylic acids is 1. The Kier molecular flexibility index (Phi) is 4.45. The molecular formula is C11H7CaNO4. The molecule has 6 heteroatoms. The number of rotatable bonds is 2. The van der Waals surface area contributed by atoms with Gasteiger partial charge in [0, 0.05) is 49.2 Å². The minimum absolute atomic E-state index is 0. The number of nitro benzene ring substituents is 1. The minimum Gasteiger partial charge on any atom is -0.477 e. The first kappa shape index (κ1) is 13.9. The van der Waals surface area contributed by atoms with Crippen LogP contribution in [0.15, 0.2) is 36.4 Å². The molecule has 0 unspecified atom stereocenters. The summed E-state index contributed by atoms with van der Waals surface area (Å²) in [7, 11) is 0. The fourth-order valence-corrected chi connectivity index (χ4v) is 1.64. The SMILES string of the molecule is O=C(O)c1c([N+](=O)[O-])ccc2ccccc12.[Ca]. The molecule has 0 saturated carbocycles. The molecular weight excluding hydrogens is 250 g/mol. The Morgan fingerprint density at radius 2 is 1.82 bits per heavy atom. The molecule has 17 heavy (non-hydrogen) atoms. The van der Waals surface area contributed by atoms with Gasteiger partial charge in [0.2, 0.25) is 0 Å². The second-order valence-corrected chi connectivity index (χ2v) is 3.24. The van der Waals surface area contributed by atoms with Crippen molar-refractivity contribution < 1.29 is 14.8 Å². The first-order valence-electron chi connectivity index (χ1n) is 4.50. The van der Waals surface area contributed by atoms with Gasteiger partial charge < -0.3 is 5.11 Å². The molecule has 2 aromatic rings. The molecule has 2 rings (SSSR count). The van der Waals surface area contributed by atoms with Crippen LogP contribution in [0, 0.1) is 10.1 Å². The zero-order chi connectivity index (χ0) is 11.7. The molecule has 2 aromatic carbocycles. The number of hydrogen-bond donors (Lipinski definition) is 1. The molecule has 1 N–H and O–H groups in total. The van der Waals surface area contributed by atoms with Gasteiger partial charge in [0.25, 0.3) is 5.69 Å². The molecule has 0 aromatic heterocycles. The Labute approximate surface area is 126 Å². The summed E-state index contributed by atoms with van der Waals surface area (Å²) in [4.78, 5) is 21.1. The maximum absolute atomic E-state index is 11.0. The average molecular weight is 257 g/mol. The van der Waals surface area contributed by atoms with E-state index in [9.17, 15) is 14.9 Å². The zero-order valence-corrected chi connectivity index (χ0v) is 11.0. The van der Waals surface area contributed by atoms with Crippen molar-refractivity contribution >= 4 is 60.2 Å². The van der Waals surface area contributed by atoms with Crippen LogP contribution in [0.1, 0.15) is 10.4 Å². The van der Waals surface area contributed by atoms with Gasteiger partial charge in [-0.25, -0.2) is 4.79 Å². The molecule has 0 fully saturated rings. The van der Waals surface area contributed by atoms with E-state index < -0.39 is 10.9 Å². The van der Waals surface area contributed by atoms with Gasteiger partial charge in [-0.05, 0) is 11.5 Å². The minimum atomic E-state index is -1.29. The molecule has 0 atom stereocenters. The first-order chi connectivity index (χ1) is 7.61. The Morgan fingerprint density at radius 1 is 1.18 bits per heavy atom. The van der Waals surface area contributed by atoms with Gasteiger partial charge in [0.1, 0.15) is 5.56 Å². The summed E-state index contributed by atoms with van der Waals surface area (Å²) in [5, 5.41) is 20.8. The maximum atomic E-state index is 11.0. The molecule has 0 saturated heterocycles. The van der Waals surface area contributed by atoms with Gasteiger partial charge in [-0.3, -0.25) is 10.1 Å². The Bertz CT molecular complexity index is 597. The van der Waals surface area contributed by atoms with E-state index in [4.69, 9.17) is 5.11 Å². The molecule has 0 aliphatic heterocycles. The molecule has 0 spiro atoms. The largest absolute Gasteiger partial charge is 0.477 e. The van der Waals surface area contributed by atoms with Crippen LogP contribution in [-0.2, 0) is 0 Å². The topological polar surface area (TPSA) is 80.4 Å². The van der Waals surface area contributed by atoms with Crippen molar-refractivity contribution in [2.24, 2.45) is 0 Å².